The second kappa shape index (κ2) is 6.03. The van der Waals surface area contributed by atoms with Crippen molar-refractivity contribution in [3.05, 3.63) is 0 Å². The molecular formula is C10H15F5N2O3S. The molecule has 0 aromatic rings. The lowest BCUT2D eigenvalue weighted by Gasteiger charge is -2.35. The van der Waals surface area contributed by atoms with E-state index in [1.54, 1.807) is 6.92 Å². The molecule has 5 nitrogen and oxygen atoms in total. The van der Waals surface area contributed by atoms with Crippen molar-refractivity contribution in [3.8, 4) is 0 Å². The molecule has 1 saturated heterocycles. The molecule has 124 valence electrons. The van der Waals surface area contributed by atoms with E-state index >= 15 is 0 Å². The summed E-state index contributed by atoms with van der Waals surface area (Å²) in [6, 6.07) is 0. The van der Waals surface area contributed by atoms with Crippen molar-refractivity contribution in [2.45, 2.75) is 25.4 Å². The first-order chi connectivity index (χ1) is 9.43. The van der Waals surface area contributed by atoms with E-state index in [2.05, 4.69) is 0 Å². The summed E-state index contributed by atoms with van der Waals surface area (Å²) in [5.41, 5.74) is 0. The highest BCUT2D eigenvalue weighted by atomic mass is 32.2. The molecular weight excluding hydrogens is 323 g/mol. The van der Waals surface area contributed by atoms with Crippen molar-refractivity contribution in [3.63, 3.8) is 0 Å². The average molecular weight is 338 g/mol. The third-order valence-electron chi connectivity index (χ3n) is 3.01. The Morgan fingerprint density at radius 2 is 1.52 bits per heavy atom. The van der Waals surface area contributed by atoms with Crippen molar-refractivity contribution in [2.24, 2.45) is 0 Å². The number of alkyl halides is 5. The fourth-order valence-electron chi connectivity index (χ4n) is 1.88. The maximum atomic E-state index is 12.9. The molecule has 0 bridgehead atoms. The molecule has 0 aromatic heterocycles. The smallest absolute Gasteiger partial charge is 0.335 e. The highest BCUT2D eigenvalue weighted by Crippen LogP contribution is 2.37. The normalized spacial score (nSPS) is 18.9. The summed E-state index contributed by atoms with van der Waals surface area (Å²) in [6.45, 7) is 0.0755. The number of hydrogen-bond acceptors (Lipinski definition) is 3. The lowest BCUT2D eigenvalue weighted by atomic mass is 10.2. The molecule has 0 saturated carbocycles. The van der Waals surface area contributed by atoms with Gasteiger partial charge in [0.05, 0.1) is 5.75 Å². The zero-order chi connectivity index (χ0) is 16.5. The molecule has 0 spiro atoms. The Labute approximate surface area is 118 Å². The number of rotatable bonds is 4. The topological polar surface area (TPSA) is 57.7 Å². The molecule has 0 aliphatic carbocycles. The molecule has 1 heterocycles. The van der Waals surface area contributed by atoms with Crippen LogP contribution in [0.5, 0.6) is 0 Å². The minimum Gasteiger partial charge on any atom is -0.335 e. The van der Waals surface area contributed by atoms with Gasteiger partial charge in [0, 0.05) is 26.2 Å². The molecule has 0 radical (unpaired) electrons. The Bertz CT molecular complexity index is 483. The van der Waals surface area contributed by atoms with Crippen LogP contribution in [0, 0.1) is 0 Å². The first-order valence-electron chi connectivity index (χ1n) is 6.15. The van der Waals surface area contributed by atoms with Gasteiger partial charge in [-0.3, -0.25) is 4.79 Å². The Morgan fingerprint density at radius 3 is 1.90 bits per heavy atom. The maximum Gasteiger partial charge on any atom is 0.463 e. The minimum absolute atomic E-state index is 0.139. The van der Waals surface area contributed by atoms with Crippen molar-refractivity contribution < 1.29 is 35.2 Å². The van der Waals surface area contributed by atoms with Crippen LogP contribution in [-0.2, 0) is 14.8 Å². The third kappa shape index (κ3) is 3.82. The summed E-state index contributed by atoms with van der Waals surface area (Å²) in [5, 5.41) is 0. The third-order valence-corrected chi connectivity index (χ3v) is 5.08. The summed E-state index contributed by atoms with van der Waals surface area (Å²) < 4.78 is 86.5. The van der Waals surface area contributed by atoms with Gasteiger partial charge in [-0.15, -0.1) is 0 Å². The molecule has 1 aliphatic rings. The molecule has 0 aromatic carbocycles. The lowest BCUT2D eigenvalue weighted by molar-refractivity contribution is -0.274. The van der Waals surface area contributed by atoms with Gasteiger partial charge in [0.2, 0.25) is 10.0 Å². The largest absolute Gasteiger partial charge is 0.463 e. The highest BCUT2D eigenvalue weighted by Gasteiger charge is 2.64. The van der Waals surface area contributed by atoms with Gasteiger partial charge in [0.1, 0.15) is 0 Å². The van der Waals surface area contributed by atoms with Crippen LogP contribution in [0.2, 0.25) is 0 Å². The SMILES string of the molecule is CCCS(=O)(=O)N1CCN(C(=O)C(F)(F)C(F)(F)F)CC1. The molecule has 0 N–H and O–H groups in total. The maximum absolute atomic E-state index is 12.9. The van der Waals surface area contributed by atoms with E-state index in [4.69, 9.17) is 0 Å². The molecule has 11 heteroatoms. The van der Waals surface area contributed by atoms with Crippen LogP contribution in [0.4, 0.5) is 22.0 Å². The number of carbonyl (C=O) groups is 1. The molecule has 0 atom stereocenters. The van der Waals surface area contributed by atoms with E-state index in [9.17, 15) is 35.2 Å². The van der Waals surface area contributed by atoms with Gasteiger partial charge in [-0.1, -0.05) is 6.92 Å². The summed E-state index contributed by atoms with van der Waals surface area (Å²) in [6.07, 6.45) is -5.61. The van der Waals surface area contributed by atoms with Crippen LogP contribution >= 0.6 is 0 Å². The zero-order valence-corrected chi connectivity index (χ0v) is 12.0. The van der Waals surface area contributed by atoms with Crippen LogP contribution in [-0.4, -0.2) is 67.6 Å². The monoisotopic (exact) mass is 338 g/mol. The number of piperazine rings is 1. The zero-order valence-electron chi connectivity index (χ0n) is 11.2. The van der Waals surface area contributed by atoms with Gasteiger partial charge in [0.15, 0.2) is 0 Å². The number of nitrogens with zero attached hydrogens (tertiary/aromatic N) is 2. The predicted molar refractivity (Wildman–Crippen MR) is 63.2 cm³/mol. The quantitative estimate of drug-likeness (QED) is 0.721. The lowest BCUT2D eigenvalue weighted by Crippen LogP contribution is -2.58. The standard InChI is InChI=1S/C10H15F5N2O3S/c1-2-7-21(19,20)17-5-3-16(4-6-17)8(18)9(11,12)10(13,14)15/h2-7H2,1H3. The summed E-state index contributed by atoms with van der Waals surface area (Å²) in [4.78, 5) is 11.6. The van der Waals surface area contributed by atoms with Crippen molar-refractivity contribution in [2.75, 3.05) is 31.9 Å². The van der Waals surface area contributed by atoms with Crippen molar-refractivity contribution in [1.29, 1.82) is 0 Å². The summed E-state index contributed by atoms with van der Waals surface area (Å²) in [7, 11) is -3.56. The molecule has 21 heavy (non-hydrogen) atoms. The number of amides is 1. The van der Waals surface area contributed by atoms with E-state index in [0.29, 0.717) is 11.3 Å². The first kappa shape index (κ1) is 18.1. The summed E-state index contributed by atoms with van der Waals surface area (Å²) >= 11 is 0. The Balaban J connectivity index is 2.72. The van der Waals surface area contributed by atoms with Crippen molar-refractivity contribution in [1.82, 2.24) is 9.21 Å². The van der Waals surface area contributed by atoms with Crippen LogP contribution in [0.1, 0.15) is 13.3 Å². The van der Waals surface area contributed by atoms with Crippen LogP contribution in [0.15, 0.2) is 0 Å². The molecule has 1 aliphatic heterocycles. The number of carbonyl (C=O) groups excluding carboxylic acids is 1. The Kier molecular flexibility index (Phi) is 5.19. The van der Waals surface area contributed by atoms with Gasteiger partial charge < -0.3 is 4.90 Å². The molecule has 0 unspecified atom stereocenters. The highest BCUT2D eigenvalue weighted by molar-refractivity contribution is 7.89. The van der Waals surface area contributed by atoms with E-state index in [0.717, 1.165) is 4.31 Å². The van der Waals surface area contributed by atoms with Gasteiger partial charge >= 0.3 is 18.0 Å². The van der Waals surface area contributed by atoms with E-state index in [-0.39, 0.29) is 18.8 Å². The van der Waals surface area contributed by atoms with E-state index < -0.39 is 41.1 Å². The van der Waals surface area contributed by atoms with Crippen LogP contribution in [0.3, 0.4) is 0 Å². The number of halogens is 5. The van der Waals surface area contributed by atoms with Crippen molar-refractivity contribution >= 4 is 15.9 Å². The van der Waals surface area contributed by atoms with Crippen LogP contribution in [0.25, 0.3) is 0 Å². The van der Waals surface area contributed by atoms with E-state index in [1.807, 2.05) is 0 Å². The second-order valence-corrected chi connectivity index (χ2v) is 6.67. The number of sulfonamides is 1. The minimum atomic E-state index is -5.96. The molecule has 1 rings (SSSR count). The summed E-state index contributed by atoms with van der Waals surface area (Å²) in [5.74, 6) is -7.94. The second-order valence-electron chi connectivity index (χ2n) is 4.58. The Hall–Kier alpha value is -0.970. The predicted octanol–water partition coefficient (Wildman–Crippen LogP) is 1.07. The van der Waals surface area contributed by atoms with E-state index in [1.165, 1.54) is 0 Å². The average Bonchev–Trinajstić information content (AvgIpc) is 2.36. The fourth-order valence-corrected chi connectivity index (χ4v) is 3.37. The van der Waals surface area contributed by atoms with Crippen LogP contribution < -0.4 is 0 Å². The molecule has 1 fully saturated rings. The first-order valence-corrected chi connectivity index (χ1v) is 7.76. The van der Waals surface area contributed by atoms with Gasteiger partial charge in [-0.2, -0.15) is 26.3 Å². The number of hydrogen-bond donors (Lipinski definition) is 0. The Morgan fingerprint density at radius 1 is 1.05 bits per heavy atom. The molecule has 1 amide bonds. The van der Waals surface area contributed by atoms with Gasteiger partial charge in [-0.25, -0.2) is 8.42 Å². The fraction of sp³-hybridized carbons (Fsp3) is 0.900. The van der Waals surface area contributed by atoms with Gasteiger partial charge in [0.25, 0.3) is 0 Å². The van der Waals surface area contributed by atoms with Gasteiger partial charge in [-0.05, 0) is 6.42 Å².